The zero-order chi connectivity index (χ0) is 28.1. The second-order valence-corrected chi connectivity index (χ2v) is 23.0. The van der Waals surface area contributed by atoms with Crippen LogP contribution in [0.3, 0.4) is 0 Å². The van der Waals surface area contributed by atoms with Crippen molar-refractivity contribution < 1.29 is 18.7 Å². The third-order valence-corrected chi connectivity index (χ3v) is 17.7. The maximum absolute atomic E-state index is 10.4. The van der Waals surface area contributed by atoms with Crippen LogP contribution in [0, 0.1) is 0 Å². The van der Waals surface area contributed by atoms with Gasteiger partial charge in [0.2, 0.25) is 0 Å². The van der Waals surface area contributed by atoms with Crippen molar-refractivity contribution >= 4 is 27.8 Å². The van der Waals surface area contributed by atoms with Gasteiger partial charge in [-0.3, -0.25) is 4.57 Å². The zero-order valence-corrected chi connectivity index (χ0v) is 26.6. The van der Waals surface area contributed by atoms with Gasteiger partial charge in [-0.05, 0) is 48.4 Å². The minimum Gasteiger partial charge on any atom is -0.507 e. The number of phenols is 1. The largest absolute Gasteiger partial charge is 0.507 e. The molecule has 1 aromatic carbocycles. The summed E-state index contributed by atoms with van der Waals surface area (Å²) in [4.78, 5) is 13.6. The molecule has 1 N–H and O–H groups in total. The van der Waals surface area contributed by atoms with Crippen LogP contribution in [-0.2, 0) is 13.6 Å². The summed E-state index contributed by atoms with van der Waals surface area (Å²) >= 11 is 0. The maximum Gasteiger partial charge on any atom is 0.192 e. The van der Waals surface area contributed by atoms with Crippen LogP contribution < -0.4 is 0 Å². The predicted octanol–water partition coefficient (Wildman–Crippen LogP) is 6.90. The van der Waals surface area contributed by atoms with Crippen molar-refractivity contribution in [3.05, 3.63) is 36.9 Å². The number of hydrogen-bond acceptors (Lipinski definition) is 7. The number of aromatic nitrogens is 4. The number of aromatic hydroxyl groups is 1. The van der Waals surface area contributed by atoms with Gasteiger partial charge >= 0.3 is 0 Å². The molecule has 1 fully saturated rings. The van der Waals surface area contributed by atoms with Crippen molar-refractivity contribution in [3.8, 4) is 17.0 Å². The van der Waals surface area contributed by atoms with Crippen LogP contribution in [-0.4, -0.2) is 60.1 Å². The van der Waals surface area contributed by atoms with Crippen LogP contribution in [0.25, 0.3) is 22.4 Å². The first-order valence-electron chi connectivity index (χ1n) is 13.4. The van der Waals surface area contributed by atoms with Crippen molar-refractivity contribution in [2.24, 2.45) is 0 Å². The molecule has 3 atom stereocenters. The van der Waals surface area contributed by atoms with E-state index in [9.17, 15) is 5.11 Å². The molecule has 0 aliphatic carbocycles. The zero-order valence-electron chi connectivity index (χ0n) is 24.6. The normalized spacial score (nSPS) is 21.4. The average molecular weight is 557 g/mol. The molecule has 0 spiro atoms. The molecule has 0 bridgehead atoms. The highest BCUT2D eigenvalue weighted by Crippen LogP contribution is 2.43. The van der Waals surface area contributed by atoms with E-state index >= 15 is 0 Å². The molecule has 4 rings (SSSR count). The number of fused-ring (bicyclic) bond motifs is 1. The molecule has 0 unspecified atom stereocenters. The number of phenolic OH excluding ortho intramolecular Hbond substituents is 1. The highest BCUT2D eigenvalue weighted by atomic mass is 28.4. The van der Waals surface area contributed by atoms with E-state index in [2.05, 4.69) is 82.7 Å². The maximum atomic E-state index is 10.4. The molecule has 0 saturated carbocycles. The Morgan fingerprint density at radius 3 is 2.26 bits per heavy atom. The number of ether oxygens (including phenoxy) is 1. The van der Waals surface area contributed by atoms with E-state index in [0.29, 0.717) is 35.4 Å². The second kappa shape index (κ2) is 10.1. The lowest BCUT2D eigenvalue weighted by Gasteiger charge is -2.40. The molecular formula is C28H44N4O4Si2. The predicted molar refractivity (Wildman–Crippen MR) is 156 cm³/mol. The fourth-order valence-electron chi connectivity index (χ4n) is 4.14. The first kappa shape index (κ1) is 28.9. The van der Waals surface area contributed by atoms with Crippen LogP contribution >= 0.6 is 0 Å². The van der Waals surface area contributed by atoms with Crippen LogP contribution in [0.5, 0.6) is 5.75 Å². The summed E-state index contributed by atoms with van der Waals surface area (Å²) in [6, 6.07) is 7.14. The fraction of sp³-hybridized carbons (Fsp3) is 0.607. The summed E-state index contributed by atoms with van der Waals surface area (Å²) in [5.41, 5.74) is 2.51. The van der Waals surface area contributed by atoms with Gasteiger partial charge in [0, 0.05) is 12.0 Å². The van der Waals surface area contributed by atoms with Crippen molar-refractivity contribution in [2.45, 2.75) is 103 Å². The van der Waals surface area contributed by atoms with Gasteiger partial charge < -0.3 is 18.7 Å². The second-order valence-electron chi connectivity index (χ2n) is 13.4. The topological polar surface area (TPSA) is 91.5 Å². The van der Waals surface area contributed by atoms with E-state index in [0.717, 1.165) is 0 Å². The molecule has 1 saturated heterocycles. The Morgan fingerprint density at radius 2 is 1.63 bits per heavy atom. The molecule has 1 aliphatic heterocycles. The Hall–Kier alpha value is -2.12. The molecule has 208 valence electrons. The molecule has 3 heterocycles. The van der Waals surface area contributed by atoms with Crippen molar-refractivity contribution in [1.29, 1.82) is 0 Å². The number of imidazole rings is 1. The SMILES string of the molecule is CC(C)(C)[Si](C)(C)OC[C@H]1O[C@@H](n2cnc3c(-c4ccccc4O)ncnc32)C[C@@H]1O[Si](C)(C)C(C)(C)C. The number of para-hydroxylation sites is 1. The van der Waals surface area contributed by atoms with Crippen LogP contribution in [0.4, 0.5) is 0 Å². The van der Waals surface area contributed by atoms with Gasteiger partial charge in [0.05, 0.1) is 19.0 Å². The lowest BCUT2D eigenvalue weighted by atomic mass is 10.1. The Morgan fingerprint density at radius 1 is 0.974 bits per heavy atom. The van der Waals surface area contributed by atoms with E-state index < -0.39 is 16.6 Å². The number of nitrogens with zero attached hydrogens (tertiary/aromatic N) is 4. The minimum atomic E-state index is -2.05. The van der Waals surface area contributed by atoms with Gasteiger partial charge in [-0.2, -0.15) is 0 Å². The van der Waals surface area contributed by atoms with Gasteiger partial charge in [-0.15, -0.1) is 0 Å². The van der Waals surface area contributed by atoms with E-state index in [1.807, 2.05) is 16.7 Å². The highest BCUT2D eigenvalue weighted by molar-refractivity contribution is 6.74. The van der Waals surface area contributed by atoms with Crippen LogP contribution in [0.2, 0.25) is 36.3 Å². The van der Waals surface area contributed by atoms with Crippen molar-refractivity contribution in [1.82, 2.24) is 19.5 Å². The molecule has 1 aliphatic rings. The lowest BCUT2D eigenvalue weighted by molar-refractivity contribution is -0.0383. The van der Waals surface area contributed by atoms with Gasteiger partial charge in [0.1, 0.15) is 35.6 Å². The lowest BCUT2D eigenvalue weighted by Crippen LogP contribution is -2.48. The molecule has 10 heteroatoms. The first-order valence-corrected chi connectivity index (χ1v) is 19.3. The molecule has 0 amide bonds. The Labute approximate surface area is 229 Å². The monoisotopic (exact) mass is 556 g/mol. The first-order chi connectivity index (χ1) is 17.5. The Balaban J connectivity index is 1.66. The molecule has 38 heavy (non-hydrogen) atoms. The smallest absolute Gasteiger partial charge is 0.192 e. The average Bonchev–Trinajstić information content (AvgIpc) is 3.40. The van der Waals surface area contributed by atoms with Crippen LogP contribution in [0.15, 0.2) is 36.9 Å². The van der Waals surface area contributed by atoms with Gasteiger partial charge in [-0.1, -0.05) is 53.7 Å². The summed E-state index contributed by atoms with van der Waals surface area (Å²) in [6.07, 6.45) is 3.37. The number of rotatable bonds is 7. The summed E-state index contributed by atoms with van der Waals surface area (Å²) in [5, 5.41) is 10.6. The van der Waals surface area contributed by atoms with Gasteiger partial charge in [0.15, 0.2) is 22.3 Å². The van der Waals surface area contributed by atoms with Gasteiger partial charge in [0.25, 0.3) is 0 Å². The highest BCUT2D eigenvalue weighted by Gasteiger charge is 2.47. The molecule has 3 aromatic rings. The van der Waals surface area contributed by atoms with E-state index in [1.165, 1.54) is 6.33 Å². The standard InChI is InChI=1S/C28H44N4O4Si2/c1-27(2,3)37(7,8)34-16-22-21(36-38(9,10)28(4,5)6)15-23(35-22)32-18-31-25-24(29-17-30-26(25)32)19-13-11-12-14-20(19)33/h11-14,17-18,21-23,33H,15-16H2,1-10H3/t21-,22+,23+/m0/s1. The summed E-state index contributed by atoms with van der Waals surface area (Å²) in [6.45, 7) is 23.1. The van der Waals surface area contributed by atoms with Crippen molar-refractivity contribution in [3.63, 3.8) is 0 Å². The quantitative estimate of drug-likeness (QED) is 0.317. The Kier molecular flexibility index (Phi) is 7.70. The fourth-order valence-corrected chi connectivity index (χ4v) is 6.51. The molecule has 0 radical (unpaired) electrons. The van der Waals surface area contributed by atoms with E-state index in [1.54, 1.807) is 18.5 Å². The third-order valence-electron chi connectivity index (χ3n) is 8.68. The van der Waals surface area contributed by atoms with Crippen molar-refractivity contribution in [2.75, 3.05) is 6.61 Å². The summed E-state index contributed by atoms with van der Waals surface area (Å²) in [5.74, 6) is 0.157. The molecule has 2 aromatic heterocycles. The summed E-state index contributed by atoms with van der Waals surface area (Å²) < 4.78 is 22.2. The molecule has 8 nitrogen and oxygen atoms in total. The minimum absolute atomic E-state index is 0.0808. The number of hydrogen-bond donors (Lipinski definition) is 1. The third kappa shape index (κ3) is 5.60. The Bertz CT molecular complexity index is 1280. The summed E-state index contributed by atoms with van der Waals surface area (Å²) in [7, 11) is -4.02. The van der Waals surface area contributed by atoms with Gasteiger partial charge in [-0.25, -0.2) is 15.0 Å². The number of benzene rings is 1. The van der Waals surface area contributed by atoms with Crippen LogP contribution in [0.1, 0.15) is 54.2 Å². The van der Waals surface area contributed by atoms with E-state index in [-0.39, 0.29) is 34.3 Å². The molecular weight excluding hydrogens is 513 g/mol. The van der Waals surface area contributed by atoms with E-state index in [4.69, 9.17) is 13.6 Å².